The number of nitrogens with zero attached hydrogens (tertiary/aromatic N) is 2. The molecule has 0 bridgehead atoms. The van der Waals surface area contributed by atoms with Crippen LogP contribution in [-0.2, 0) is 0 Å². The van der Waals surface area contributed by atoms with Gasteiger partial charge >= 0.3 is 0 Å². The lowest BCUT2D eigenvalue weighted by Crippen LogP contribution is -2.45. The van der Waals surface area contributed by atoms with Crippen LogP contribution >= 0.6 is 0 Å². The molecular formula is C11H23N2O+. The van der Waals surface area contributed by atoms with Crippen LogP contribution in [0.5, 0.6) is 0 Å². The van der Waals surface area contributed by atoms with Crippen molar-refractivity contribution >= 4 is 0 Å². The molecule has 0 aromatic heterocycles. The van der Waals surface area contributed by atoms with Crippen molar-refractivity contribution in [2.75, 3.05) is 39.8 Å². The second kappa shape index (κ2) is 6.76. The van der Waals surface area contributed by atoms with E-state index in [1.54, 1.807) is 0 Å². The molecule has 0 spiro atoms. The number of rotatable bonds is 8. The number of quaternary nitrogens is 1. The lowest BCUT2D eigenvalue weighted by atomic mass is 10.4. The van der Waals surface area contributed by atoms with Gasteiger partial charge in [0.25, 0.3) is 0 Å². The highest BCUT2D eigenvalue weighted by molar-refractivity contribution is 4.79. The van der Waals surface area contributed by atoms with Crippen LogP contribution in [0.3, 0.4) is 0 Å². The van der Waals surface area contributed by atoms with Gasteiger partial charge in [-0.05, 0) is 6.92 Å². The van der Waals surface area contributed by atoms with Crippen molar-refractivity contribution in [2.45, 2.75) is 6.92 Å². The Bertz CT molecular complexity index is 168. The highest BCUT2D eigenvalue weighted by Crippen LogP contribution is 1.97. The Labute approximate surface area is 87.5 Å². The van der Waals surface area contributed by atoms with Gasteiger partial charge in [-0.2, -0.15) is 4.65 Å². The maximum atomic E-state index is 9.77. The Morgan fingerprint density at radius 2 is 1.79 bits per heavy atom. The van der Waals surface area contributed by atoms with Crippen LogP contribution in [0.15, 0.2) is 25.3 Å². The standard InChI is InChI=1S/C11H23N2O/c1-5-8-12(9-6-2)10-11-13(4,14)7-3/h5-6,14H,1-2,7-11H2,3-4H3/q+1. The zero-order valence-corrected chi connectivity index (χ0v) is 9.45. The fraction of sp³-hybridized carbons (Fsp3) is 0.636. The van der Waals surface area contributed by atoms with Crippen LogP contribution in [0.25, 0.3) is 0 Å². The van der Waals surface area contributed by atoms with E-state index >= 15 is 0 Å². The minimum atomic E-state index is 0.0742. The predicted molar refractivity (Wildman–Crippen MR) is 60.2 cm³/mol. The quantitative estimate of drug-likeness (QED) is 0.364. The first-order valence-electron chi connectivity index (χ1n) is 5.07. The summed E-state index contributed by atoms with van der Waals surface area (Å²) in [5.74, 6) is 0. The fourth-order valence-electron chi connectivity index (χ4n) is 1.14. The third kappa shape index (κ3) is 5.91. The summed E-state index contributed by atoms with van der Waals surface area (Å²) in [6.07, 6.45) is 3.74. The summed E-state index contributed by atoms with van der Waals surface area (Å²) < 4.78 is 0.0742. The molecule has 0 radical (unpaired) electrons. The summed E-state index contributed by atoms with van der Waals surface area (Å²) in [4.78, 5) is 2.20. The lowest BCUT2D eigenvalue weighted by molar-refractivity contribution is -1.09. The van der Waals surface area contributed by atoms with E-state index < -0.39 is 0 Å². The summed E-state index contributed by atoms with van der Waals surface area (Å²) in [6.45, 7) is 13.4. The smallest absolute Gasteiger partial charge is 0.121 e. The summed E-state index contributed by atoms with van der Waals surface area (Å²) >= 11 is 0. The lowest BCUT2D eigenvalue weighted by Gasteiger charge is -2.27. The molecule has 82 valence electrons. The van der Waals surface area contributed by atoms with Crippen LogP contribution in [0.1, 0.15) is 6.92 Å². The maximum Gasteiger partial charge on any atom is 0.121 e. The zero-order chi connectivity index (χ0) is 11.0. The van der Waals surface area contributed by atoms with Crippen LogP contribution in [0.4, 0.5) is 0 Å². The van der Waals surface area contributed by atoms with E-state index in [-0.39, 0.29) is 4.65 Å². The molecule has 1 unspecified atom stereocenters. The van der Waals surface area contributed by atoms with Gasteiger partial charge < -0.3 is 0 Å². The Morgan fingerprint density at radius 3 is 2.14 bits per heavy atom. The van der Waals surface area contributed by atoms with Gasteiger partial charge in [0.1, 0.15) is 13.1 Å². The van der Waals surface area contributed by atoms with Crippen molar-refractivity contribution < 1.29 is 9.85 Å². The van der Waals surface area contributed by atoms with Gasteiger partial charge in [0.2, 0.25) is 0 Å². The first kappa shape index (κ1) is 13.4. The minimum absolute atomic E-state index is 0.0742. The molecule has 0 heterocycles. The first-order chi connectivity index (χ1) is 6.55. The van der Waals surface area contributed by atoms with Gasteiger partial charge in [-0.3, -0.25) is 4.90 Å². The Balaban J connectivity index is 3.91. The van der Waals surface area contributed by atoms with Crippen LogP contribution in [0.2, 0.25) is 0 Å². The van der Waals surface area contributed by atoms with Gasteiger partial charge in [-0.15, -0.1) is 13.2 Å². The highest BCUT2D eigenvalue weighted by atomic mass is 16.5. The average Bonchev–Trinajstić information content (AvgIpc) is 2.15. The first-order valence-corrected chi connectivity index (χ1v) is 5.07. The normalized spacial score (nSPS) is 15.1. The largest absolute Gasteiger partial charge is 0.290 e. The monoisotopic (exact) mass is 199 g/mol. The van der Waals surface area contributed by atoms with E-state index in [2.05, 4.69) is 18.1 Å². The third-order valence-electron chi connectivity index (χ3n) is 2.35. The van der Waals surface area contributed by atoms with E-state index in [1.807, 2.05) is 26.1 Å². The van der Waals surface area contributed by atoms with Crippen molar-refractivity contribution in [3.05, 3.63) is 25.3 Å². The second-order valence-electron chi connectivity index (χ2n) is 3.72. The van der Waals surface area contributed by atoms with Crippen molar-refractivity contribution in [3.8, 4) is 0 Å². The van der Waals surface area contributed by atoms with Crippen LogP contribution in [-0.4, -0.2) is 54.5 Å². The molecule has 0 aromatic carbocycles. The Kier molecular flexibility index (Phi) is 6.45. The molecule has 1 N–H and O–H groups in total. The molecule has 14 heavy (non-hydrogen) atoms. The van der Waals surface area contributed by atoms with Crippen molar-refractivity contribution in [1.82, 2.24) is 4.90 Å². The van der Waals surface area contributed by atoms with Gasteiger partial charge in [-0.25, -0.2) is 5.21 Å². The number of hydroxylamine groups is 3. The van der Waals surface area contributed by atoms with Crippen molar-refractivity contribution in [2.24, 2.45) is 0 Å². The highest BCUT2D eigenvalue weighted by Gasteiger charge is 2.16. The van der Waals surface area contributed by atoms with Crippen LogP contribution in [0, 0.1) is 0 Å². The van der Waals surface area contributed by atoms with Crippen molar-refractivity contribution in [3.63, 3.8) is 0 Å². The zero-order valence-electron chi connectivity index (χ0n) is 9.45. The van der Waals surface area contributed by atoms with Gasteiger partial charge in [0.15, 0.2) is 0 Å². The fourth-order valence-corrected chi connectivity index (χ4v) is 1.14. The molecule has 1 atom stereocenters. The molecule has 0 rings (SSSR count). The van der Waals surface area contributed by atoms with Crippen molar-refractivity contribution in [1.29, 1.82) is 0 Å². The van der Waals surface area contributed by atoms with E-state index in [4.69, 9.17) is 0 Å². The molecule has 0 amide bonds. The van der Waals surface area contributed by atoms with Gasteiger partial charge in [0.05, 0.1) is 13.6 Å². The summed E-state index contributed by atoms with van der Waals surface area (Å²) in [7, 11) is 1.82. The summed E-state index contributed by atoms with van der Waals surface area (Å²) in [6, 6.07) is 0. The average molecular weight is 199 g/mol. The molecule has 0 aromatic rings. The third-order valence-corrected chi connectivity index (χ3v) is 2.35. The number of likely N-dealkylation sites (N-methyl/N-ethyl adjacent to an activating group) is 1. The Hall–Kier alpha value is -0.640. The molecule has 0 aliphatic rings. The van der Waals surface area contributed by atoms with E-state index in [9.17, 15) is 5.21 Å². The van der Waals surface area contributed by atoms with E-state index in [1.165, 1.54) is 0 Å². The van der Waals surface area contributed by atoms with E-state index in [0.29, 0.717) is 0 Å². The number of hydrogen-bond acceptors (Lipinski definition) is 2. The number of hydrogen-bond donors (Lipinski definition) is 1. The second-order valence-corrected chi connectivity index (χ2v) is 3.72. The summed E-state index contributed by atoms with van der Waals surface area (Å²) in [5, 5.41) is 9.77. The predicted octanol–water partition coefficient (Wildman–Crippen LogP) is 1.52. The molecule has 0 aliphatic carbocycles. The molecule has 3 nitrogen and oxygen atoms in total. The van der Waals surface area contributed by atoms with Crippen LogP contribution < -0.4 is 0 Å². The maximum absolute atomic E-state index is 9.77. The Morgan fingerprint density at radius 1 is 1.29 bits per heavy atom. The molecule has 0 fully saturated rings. The van der Waals surface area contributed by atoms with Gasteiger partial charge in [-0.1, -0.05) is 12.2 Å². The molecular weight excluding hydrogens is 176 g/mol. The molecule has 0 saturated heterocycles. The van der Waals surface area contributed by atoms with E-state index in [0.717, 1.165) is 32.7 Å². The topological polar surface area (TPSA) is 23.5 Å². The van der Waals surface area contributed by atoms with Gasteiger partial charge in [0, 0.05) is 13.1 Å². The molecule has 0 saturated carbocycles. The summed E-state index contributed by atoms with van der Waals surface area (Å²) in [5.41, 5.74) is 0. The molecule has 0 aliphatic heterocycles. The minimum Gasteiger partial charge on any atom is -0.290 e. The SMILES string of the molecule is C=CCN(CC=C)CC[N+](C)(O)CC. The molecule has 3 heteroatoms.